The molecule has 0 unspecified atom stereocenters. The lowest BCUT2D eigenvalue weighted by atomic mass is 9.75. The number of fused-ring (bicyclic) bond motifs is 1. The molecule has 3 atom stereocenters. The second-order valence-corrected chi connectivity index (χ2v) is 6.23. The van der Waals surface area contributed by atoms with Crippen LogP contribution in [0.5, 0.6) is 0 Å². The van der Waals surface area contributed by atoms with Crippen LogP contribution < -0.4 is 5.32 Å². The number of nitrogens with one attached hydrogen (secondary N) is 1. The third-order valence-electron chi connectivity index (χ3n) is 5.01. The molecule has 1 heterocycles. The van der Waals surface area contributed by atoms with E-state index in [-0.39, 0.29) is 5.91 Å². The van der Waals surface area contributed by atoms with Gasteiger partial charge in [-0.3, -0.25) is 4.79 Å². The van der Waals surface area contributed by atoms with Crippen molar-refractivity contribution in [1.29, 1.82) is 0 Å². The van der Waals surface area contributed by atoms with Gasteiger partial charge in [0.1, 0.15) is 0 Å². The molecule has 3 rings (SSSR count). The average Bonchev–Trinajstić information content (AvgIpc) is 2.51. The van der Waals surface area contributed by atoms with E-state index in [1.54, 1.807) is 0 Å². The highest BCUT2D eigenvalue weighted by molar-refractivity contribution is 5.94. The van der Waals surface area contributed by atoms with E-state index in [1.165, 1.54) is 25.7 Å². The first-order valence-corrected chi connectivity index (χ1v) is 7.82. The minimum atomic E-state index is 0.0875. The maximum atomic E-state index is 12.3. The second kappa shape index (κ2) is 5.96. The molecular weight excluding hydrogens is 248 g/mol. The molecule has 1 aliphatic carbocycles. The van der Waals surface area contributed by atoms with Crippen LogP contribution >= 0.6 is 0 Å². The van der Waals surface area contributed by atoms with Crippen molar-refractivity contribution in [1.82, 2.24) is 10.2 Å². The SMILES string of the molecule is CN1CC[C@H](NC(=O)c2ccccc2)[C@@H]2CCCC[C@H]21. The van der Waals surface area contributed by atoms with Gasteiger partial charge in [-0.15, -0.1) is 0 Å². The first kappa shape index (κ1) is 13.6. The van der Waals surface area contributed by atoms with Crippen LogP contribution in [0.15, 0.2) is 30.3 Å². The maximum absolute atomic E-state index is 12.3. The van der Waals surface area contributed by atoms with Crippen LogP contribution in [0.25, 0.3) is 0 Å². The highest BCUT2D eigenvalue weighted by atomic mass is 16.1. The van der Waals surface area contributed by atoms with Crippen molar-refractivity contribution in [3.8, 4) is 0 Å². The number of hydrogen-bond donors (Lipinski definition) is 1. The average molecular weight is 272 g/mol. The van der Waals surface area contributed by atoms with Crippen molar-refractivity contribution in [2.24, 2.45) is 5.92 Å². The van der Waals surface area contributed by atoms with Gasteiger partial charge in [-0.1, -0.05) is 31.0 Å². The van der Waals surface area contributed by atoms with Crippen molar-refractivity contribution in [2.75, 3.05) is 13.6 Å². The van der Waals surface area contributed by atoms with Crippen molar-refractivity contribution in [3.63, 3.8) is 0 Å². The Kier molecular flexibility index (Phi) is 4.06. The Bertz CT molecular complexity index is 459. The first-order valence-electron chi connectivity index (χ1n) is 7.82. The number of rotatable bonds is 2. The topological polar surface area (TPSA) is 32.3 Å². The van der Waals surface area contributed by atoms with Crippen LogP contribution in [0.4, 0.5) is 0 Å². The number of amides is 1. The molecule has 0 aromatic heterocycles. The van der Waals surface area contributed by atoms with E-state index in [2.05, 4.69) is 17.3 Å². The smallest absolute Gasteiger partial charge is 0.251 e. The minimum Gasteiger partial charge on any atom is -0.349 e. The Morgan fingerprint density at radius 3 is 2.70 bits per heavy atom. The molecule has 0 spiro atoms. The highest BCUT2D eigenvalue weighted by Gasteiger charge is 2.38. The monoisotopic (exact) mass is 272 g/mol. The standard InChI is InChI=1S/C17H24N2O/c1-19-12-11-15(14-9-5-6-10-16(14)19)18-17(20)13-7-3-2-4-8-13/h2-4,7-8,14-16H,5-6,9-12H2,1H3,(H,18,20)/t14-,15-,16+/m0/s1. The van der Waals surface area contributed by atoms with Crippen LogP contribution in [-0.4, -0.2) is 36.5 Å². The van der Waals surface area contributed by atoms with E-state index in [0.29, 0.717) is 18.0 Å². The molecule has 1 saturated carbocycles. The highest BCUT2D eigenvalue weighted by Crippen LogP contribution is 2.34. The van der Waals surface area contributed by atoms with E-state index in [4.69, 9.17) is 0 Å². The second-order valence-electron chi connectivity index (χ2n) is 6.23. The summed E-state index contributed by atoms with van der Waals surface area (Å²) in [5, 5.41) is 3.29. The van der Waals surface area contributed by atoms with Gasteiger partial charge in [0.15, 0.2) is 0 Å². The Labute approximate surface area is 121 Å². The lowest BCUT2D eigenvalue weighted by molar-refractivity contribution is 0.0505. The number of likely N-dealkylation sites (tertiary alicyclic amines) is 1. The lowest BCUT2D eigenvalue weighted by Gasteiger charge is -2.46. The molecule has 1 amide bonds. The number of carbonyl (C=O) groups is 1. The van der Waals surface area contributed by atoms with E-state index >= 15 is 0 Å². The van der Waals surface area contributed by atoms with Crippen molar-refractivity contribution >= 4 is 5.91 Å². The van der Waals surface area contributed by atoms with Crippen LogP contribution in [0, 0.1) is 5.92 Å². The third kappa shape index (κ3) is 2.73. The predicted octanol–water partition coefficient (Wildman–Crippen LogP) is 2.68. The van der Waals surface area contributed by atoms with Gasteiger partial charge in [0.05, 0.1) is 0 Å². The van der Waals surface area contributed by atoms with Crippen molar-refractivity contribution in [3.05, 3.63) is 35.9 Å². The first-order chi connectivity index (χ1) is 9.75. The molecule has 1 aromatic rings. The summed E-state index contributed by atoms with van der Waals surface area (Å²) in [6.07, 6.45) is 6.28. The van der Waals surface area contributed by atoms with Gasteiger partial charge in [0, 0.05) is 24.2 Å². The fourth-order valence-electron chi connectivity index (χ4n) is 3.90. The quantitative estimate of drug-likeness (QED) is 0.897. The molecule has 20 heavy (non-hydrogen) atoms. The summed E-state index contributed by atoms with van der Waals surface area (Å²) in [5.41, 5.74) is 0.777. The molecule has 1 saturated heterocycles. The Morgan fingerprint density at radius 2 is 1.90 bits per heavy atom. The summed E-state index contributed by atoms with van der Waals surface area (Å²) >= 11 is 0. The van der Waals surface area contributed by atoms with Gasteiger partial charge in [-0.25, -0.2) is 0 Å². The predicted molar refractivity (Wildman–Crippen MR) is 80.7 cm³/mol. The zero-order valence-electron chi connectivity index (χ0n) is 12.2. The molecule has 2 fully saturated rings. The van der Waals surface area contributed by atoms with Gasteiger partial charge in [0.2, 0.25) is 0 Å². The number of benzene rings is 1. The molecule has 0 bridgehead atoms. The van der Waals surface area contributed by atoms with Crippen molar-refractivity contribution < 1.29 is 4.79 Å². The zero-order chi connectivity index (χ0) is 13.9. The summed E-state index contributed by atoms with van der Waals surface area (Å²) in [6.45, 7) is 1.10. The van der Waals surface area contributed by atoms with E-state index in [9.17, 15) is 4.79 Å². The summed E-state index contributed by atoms with van der Waals surface area (Å²) in [5.74, 6) is 0.722. The molecule has 3 nitrogen and oxygen atoms in total. The molecule has 2 aliphatic rings. The molecule has 1 aromatic carbocycles. The van der Waals surface area contributed by atoms with Crippen LogP contribution in [0.1, 0.15) is 42.5 Å². The number of carbonyl (C=O) groups excluding carboxylic acids is 1. The Morgan fingerprint density at radius 1 is 1.15 bits per heavy atom. The van der Waals surface area contributed by atoms with Crippen molar-refractivity contribution in [2.45, 2.75) is 44.2 Å². The van der Waals surface area contributed by atoms with Gasteiger partial charge in [0.25, 0.3) is 5.91 Å². The zero-order valence-corrected chi connectivity index (χ0v) is 12.2. The number of piperidine rings is 1. The third-order valence-corrected chi connectivity index (χ3v) is 5.01. The normalized spacial score (nSPS) is 30.6. The van der Waals surface area contributed by atoms with Gasteiger partial charge in [-0.2, -0.15) is 0 Å². The number of hydrogen-bond acceptors (Lipinski definition) is 2. The van der Waals surface area contributed by atoms with E-state index in [0.717, 1.165) is 18.5 Å². The molecular formula is C17H24N2O. The van der Waals surface area contributed by atoms with E-state index < -0.39 is 0 Å². The van der Waals surface area contributed by atoms with Gasteiger partial charge in [-0.05, 0) is 44.4 Å². The van der Waals surface area contributed by atoms with E-state index in [1.807, 2.05) is 30.3 Å². The summed E-state index contributed by atoms with van der Waals surface area (Å²) in [7, 11) is 2.23. The summed E-state index contributed by atoms with van der Waals surface area (Å²) in [6, 6.07) is 10.6. The Hall–Kier alpha value is -1.35. The molecule has 0 radical (unpaired) electrons. The van der Waals surface area contributed by atoms with Crippen LogP contribution in [0.2, 0.25) is 0 Å². The van der Waals surface area contributed by atoms with Crippen LogP contribution in [0.3, 0.4) is 0 Å². The fourth-order valence-corrected chi connectivity index (χ4v) is 3.90. The molecule has 108 valence electrons. The number of nitrogens with zero attached hydrogens (tertiary/aromatic N) is 1. The minimum absolute atomic E-state index is 0.0875. The molecule has 3 heteroatoms. The largest absolute Gasteiger partial charge is 0.349 e. The summed E-state index contributed by atoms with van der Waals surface area (Å²) < 4.78 is 0. The van der Waals surface area contributed by atoms with Gasteiger partial charge < -0.3 is 10.2 Å². The van der Waals surface area contributed by atoms with Gasteiger partial charge >= 0.3 is 0 Å². The molecule has 1 aliphatic heterocycles. The maximum Gasteiger partial charge on any atom is 0.251 e. The molecule has 1 N–H and O–H groups in total. The Balaban J connectivity index is 1.69. The van der Waals surface area contributed by atoms with Crippen LogP contribution in [-0.2, 0) is 0 Å². The summed E-state index contributed by atoms with van der Waals surface area (Å²) in [4.78, 5) is 14.8. The lowest BCUT2D eigenvalue weighted by Crippen LogP contribution is -2.56. The fraction of sp³-hybridized carbons (Fsp3) is 0.588.